The highest BCUT2D eigenvalue weighted by Crippen LogP contribution is 2.33. The first-order valence-electron chi connectivity index (χ1n) is 8.31. The Bertz CT molecular complexity index is 882. The summed E-state index contributed by atoms with van der Waals surface area (Å²) in [5.41, 5.74) is 3.66. The molecule has 1 heterocycles. The summed E-state index contributed by atoms with van der Waals surface area (Å²) >= 11 is 1.32. The molecule has 0 unspecified atom stereocenters. The maximum atomic E-state index is 12.6. The molecular formula is C20H23NO4S. The molecule has 0 aliphatic heterocycles. The number of nitrogens with one attached hydrogen (secondary N) is 1. The summed E-state index contributed by atoms with van der Waals surface area (Å²) in [7, 11) is 0. The van der Waals surface area contributed by atoms with E-state index in [-0.39, 0.29) is 11.7 Å². The molecule has 0 saturated heterocycles. The number of thiophene rings is 1. The van der Waals surface area contributed by atoms with Crippen LogP contribution < -0.4 is 5.32 Å². The van der Waals surface area contributed by atoms with E-state index in [2.05, 4.69) is 5.32 Å². The van der Waals surface area contributed by atoms with Crippen LogP contribution in [-0.4, -0.2) is 23.8 Å². The van der Waals surface area contributed by atoms with Crippen LogP contribution in [0.4, 0.5) is 5.00 Å². The van der Waals surface area contributed by atoms with Crippen molar-refractivity contribution in [2.24, 2.45) is 0 Å². The van der Waals surface area contributed by atoms with Gasteiger partial charge in [0.2, 0.25) is 11.7 Å². The van der Waals surface area contributed by atoms with Crippen molar-refractivity contribution in [1.82, 2.24) is 0 Å². The van der Waals surface area contributed by atoms with Gasteiger partial charge < -0.3 is 10.1 Å². The Morgan fingerprint density at radius 1 is 1.08 bits per heavy atom. The van der Waals surface area contributed by atoms with Crippen molar-refractivity contribution < 1.29 is 19.1 Å². The molecule has 1 aromatic carbocycles. The van der Waals surface area contributed by atoms with Crippen LogP contribution in [0.15, 0.2) is 18.2 Å². The Morgan fingerprint density at radius 2 is 1.73 bits per heavy atom. The standard InChI is InChI=1S/C20H23NO4S/c1-10-7-8-16(9-11(10)2)18(23)13(4)25-20(24)17-12(3)14(5)26-19(17)21-15(6)22/h7-9,13H,1-6H3,(H,21,22)/t13-/m0/s1. The van der Waals surface area contributed by atoms with Crippen LogP contribution in [0, 0.1) is 27.7 Å². The third kappa shape index (κ3) is 4.19. The average molecular weight is 373 g/mol. The molecule has 0 spiro atoms. The molecule has 0 fully saturated rings. The van der Waals surface area contributed by atoms with Crippen LogP contribution in [0.5, 0.6) is 0 Å². The van der Waals surface area contributed by atoms with Crippen LogP contribution in [0.25, 0.3) is 0 Å². The maximum absolute atomic E-state index is 12.6. The number of ketones is 1. The topological polar surface area (TPSA) is 72.5 Å². The fourth-order valence-corrected chi connectivity index (χ4v) is 3.62. The molecule has 2 aromatic rings. The minimum atomic E-state index is -0.922. The van der Waals surface area contributed by atoms with E-state index < -0.39 is 12.1 Å². The lowest BCUT2D eigenvalue weighted by molar-refractivity contribution is -0.114. The van der Waals surface area contributed by atoms with Gasteiger partial charge in [0.1, 0.15) is 5.00 Å². The van der Waals surface area contributed by atoms with Gasteiger partial charge in [-0.3, -0.25) is 9.59 Å². The first-order chi connectivity index (χ1) is 12.1. The highest BCUT2D eigenvalue weighted by molar-refractivity contribution is 7.16. The molecule has 1 atom stereocenters. The molecule has 0 aliphatic rings. The second kappa shape index (κ2) is 7.83. The van der Waals surface area contributed by atoms with E-state index in [0.717, 1.165) is 21.6 Å². The number of rotatable bonds is 5. The molecule has 26 heavy (non-hydrogen) atoms. The molecule has 1 N–H and O–H groups in total. The zero-order valence-electron chi connectivity index (χ0n) is 15.9. The predicted molar refractivity (Wildman–Crippen MR) is 103 cm³/mol. The van der Waals surface area contributed by atoms with Gasteiger partial charge in [0.05, 0.1) is 5.56 Å². The van der Waals surface area contributed by atoms with E-state index >= 15 is 0 Å². The van der Waals surface area contributed by atoms with E-state index in [0.29, 0.717) is 16.1 Å². The number of Topliss-reactive ketones (excluding diaryl/α,β-unsaturated/α-hetero) is 1. The summed E-state index contributed by atoms with van der Waals surface area (Å²) in [6, 6.07) is 5.40. The van der Waals surface area contributed by atoms with E-state index in [4.69, 9.17) is 4.74 Å². The Labute approximate surface area is 157 Å². The van der Waals surface area contributed by atoms with Gasteiger partial charge in [-0.1, -0.05) is 12.1 Å². The zero-order chi connectivity index (χ0) is 19.6. The largest absolute Gasteiger partial charge is 0.451 e. The Balaban J connectivity index is 2.22. The van der Waals surface area contributed by atoms with Crippen molar-refractivity contribution in [3.63, 3.8) is 0 Å². The van der Waals surface area contributed by atoms with Gasteiger partial charge in [0, 0.05) is 17.4 Å². The molecule has 0 aliphatic carbocycles. The second-order valence-electron chi connectivity index (χ2n) is 6.38. The Hall–Kier alpha value is -2.47. The quantitative estimate of drug-likeness (QED) is 0.624. The van der Waals surface area contributed by atoms with Crippen molar-refractivity contribution in [2.75, 3.05) is 5.32 Å². The van der Waals surface area contributed by atoms with Crippen molar-refractivity contribution >= 4 is 34.0 Å². The summed E-state index contributed by atoms with van der Waals surface area (Å²) in [6.07, 6.45) is -0.922. The van der Waals surface area contributed by atoms with Crippen molar-refractivity contribution in [3.05, 3.63) is 50.9 Å². The van der Waals surface area contributed by atoms with Gasteiger partial charge in [-0.2, -0.15) is 0 Å². The number of esters is 1. The Kier molecular flexibility index (Phi) is 5.97. The van der Waals surface area contributed by atoms with Gasteiger partial charge in [-0.25, -0.2) is 4.79 Å². The summed E-state index contributed by atoms with van der Waals surface area (Å²) in [4.78, 5) is 37.5. The summed E-state index contributed by atoms with van der Waals surface area (Å²) in [6.45, 7) is 10.5. The molecule has 0 saturated carbocycles. The number of carbonyl (C=O) groups is 3. The average Bonchev–Trinajstić information content (AvgIpc) is 2.82. The third-order valence-corrected chi connectivity index (χ3v) is 5.45. The Morgan fingerprint density at radius 3 is 2.31 bits per heavy atom. The molecule has 2 rings (SSSR count). The number of hydrogen-bond donors (Lipinski definition) is 1. The zero-order valence-corrected chi connectivity index (χ0v) is 16.7. The number of anilines is 1. The van der Waals surface area contributed by atoms with Gasteiger partial charge in [-0.05, 0) is 57.4 Å². The number of carbonyl (C=O) groups excluding carboxylic acids is 3. The maximum Gasteiger partial charge on any atom is 0.342 e. The van der Waals surface area contributed by atoms with Gasteiger partial charge >= 0.3 is 5.97 Å². The highest BCUT2D eigenvalue weighted by Gasteiger charge is 2.26. The van der Waals surface area contributed by atoms with Crippen LogP contribution in [0.3, 0.4) is 0 Å². The van der Waals surface area contributed by atoms with Crippen LogP contribution in [-0.2, 0) is 9.53 Å². The number of amides is 1. The van der Waals surface area contributed by atoms with Gasteiger partial charge in [-0.15, -0.1) is 11.3 Å². The SMILES string of the molecule is CC(=O)Nc1sc(C)c(C)c1C(=O)O[C@@H](C)C(=O)c1ccc(C)c(C)c1. The minimum absolute atomic E-state index is 0.257. The smallest absolute Gasteiger partial charge is 0.342 e. The normalized spacial score (nSPS) is 11.8. The molecule has 1 amide bonds. The van der Waals surface area contributed by atoms with Crippen molar-refractivity contribution in [2.45, 2.75) is 47.6 Å². The number of benzene rings is 1. The first-order valence-corrected chi connectivity index (χ1v) is 9.13. The highest BCUT2D eigenvalue weighted by atomic mass is 32.1. The van der Waals surface area contributed by atoms with Crippen molar-refractivity contribution in [1.29, 1.82) is 0 Å². The molecule has 0 bridgehead atoms. The lowest BCUT2D eigenvalue weighted by atomic mass is 10.0. The van der Waals surface area contributed by atoms with Crippen molar-refractivity contribution in [3.8, 4) is 0 Å². The molecule has 1 aromatic heterocycles. The second-order valence-corrected chi connectivity index (χ2v) is 7.60. The lowest BCUT2D eigenvalue weighted by Gasteiger charge is -2.14. The predicted octanol–water partition coefficient (Wildman–Crippen LogP) is 4.37. The summed E-state index contributed by atoms with van der Waals surface area (Å²) in [5.74, 6) is -1.13. The number of hydrogen-bond acceptors (Lipinski definition) is 5. The fourth-order valence-electron chi connectivity index (χ4n) is 2.52. The number of aryl methyl sites for hydroxylation is 3. The van der Waals surface area contributed by atoms with Crippen LogP contribution in [0.1, 0.15) is 56.1 Å². The van der Waals surface area contributed by atoms with Crippen LogP contribution >= 0.6 is 11.3 Å². The molecular weight excluding hydrogens is 350 g/mol. The summed E-state index contributed by atoms with van der Waals surface area (Å²) in [5, 5.41) is 3.11. The monoisotopic (exact) mass is 373 g/mol. The van der Waals surface area contributed by atoms with Gasteiger partial charge in [0.15, 0.2) is 6.10 Å². The van der Waals surface area contributed by atoms with E-state index in [9.17, 15) is 14.4 Å². The third-order valence-electron chi connectivity index (χ3n) is 4.32. The molecule has 138 valence electrons. The summed E-state index contributed by atoms with van der Waals surface area (Å²) < 4.78 is 5.41. The van der Waals surface area contributed by atoms with E-state index in [1.165, 1.54) is 18.3 Å². The number of ether oxygens (including phenoxy) is 1. The first kappa shape index (κ1) is 19.8. The van der Waals surface area contributed by atoms with E-state index in [1.54, 1.807) is 26.0 Å². The fraction of sp³-hybridized carbons (Fsp3) is 0.350. The minimum Gasteiger partial charge on any atom is -0.451 e. The molecule has 0 radical (unpaired) electrons. The van der Waals surface area contributed by atoms with E-state index in [1.807, 2.05) is 26.8 Å². The molecule has 5 nitrogen and oxygen atoms in total. The van der Waals surface area contributed by atoms with Gasteiger partial charge in [0.25, 0.3) is 0 Å². The lowest BCUT2D eigenvalue weighted by Crippen LogP contribution is -2.25. The molecule has 6 heteroatoms. The van der Waals surface area contributed by atoms with Crippen LogP contribution in [0.2, 0.25) is 0 Å².